The molecule has 0 radical (unpaired) electrons. The molecule has 1 amide bonds. The third-order valence-corrected chi connectivity index (χ3v) is 5.26. The normalized spacial score (nSPS) is 10.7. The zero-order chi connectivity index (χ0) is 16.4. The van der Waals surface area contributed by atoms with Gasteiger partial charge in [0.05, 0.1) is 0 Å². The van der Waals surface area contributed by atoms with Crippen molar-refractivity contribution in [2.75, 3.05) is 5.32 Å². The number of aromatic nitrogens is 3. The Hall–Kier alpha value is -2.24. The summed E-state index contributed by atoms with van der Waals surface area (Å²) in [5, 5.41) is 7.11. The van der Waals surface area contributed by atoms with E-state index in [9.17, 15) is 9.18 Å². The van der Waals surface area contributed by atoms with Crippen LogP contribution in [-0.4, -0.2) is 35.2 Å². The van der Waals surface area contributed by atoms with Crippen LogP contribution in [0.25, 0.3) is 10.1 Å². The van der Waals surface area contributed by atoms with Crippen molar-refractivity contribution >= 4 is 25.1 Å². The van der Waals surface area contributed by atoms with E-state index >= 15 is 0 Å². The van der Waals surface area contributed by atoms with Gasteiger partial charge in [0.2, 0.25) is 0 Å². The number of nitrogens with zero attached hydrogens (tertiary/aromatic N) is 3. The Labute approximate surface area is 138 Å². The van der Waals surface area contributed by atoms with Gasteiger partial charge in [-0.1, -0.05) is 0 Å². The number of nitrogens with one attached hydrogen (secondary N) is 1. The molecule has 0 aliphatic heterocycles. The van der Waals surface area contributed by atoms with E-state index in [0.29, 0.717) is 4.69 Å². The van der Waals surface area contributed by atoms with Gasteiger partial charge in [-0.2, -0.15) is 0 Å². The van der Waals surface area contributed by atoms with Gasteiger partial charge < -0.3 is 0 Å². The molecule has 3 aromatic rings. The van der Waals surface area contributed by atoms with Crippen LogP contribution in [-0.2, 0) is 6.54 Å². The Morgan fingerprint density at radius 1 is 1.39 bits per heavy atom. The second-order valence-electron chi connectivity index (χ2n) is 4.95. The first-order valence-electron chi connectivity index (χ1n) is 7.15. The second-order valence-corrected chi connectivity index (χ2v) is 7.11. The molecule has 2 heterocycles. The summed E-state index contributed by atoms with van der Waals surface area (Å²) in [6.07, 6.45) is 1.75. The molecule has 0 atom stereocenters. The summed E-state index contributed by atoms with van der Waals surface area (Å²) in [4.78, 5) is 16.4. The molecular weight excluding hydrogens is 362 g/mol. The Balaban J connectivity index is 1.82. The van der Waals surface area contributed by atoms with Gasteiger partial charge >= 0.3 is 138 Å². The van der Waals surface area contributed by atoms with Crippen LogP contribution in [0.2, 0.25) is 0 Å². The molecule has 1 N–H and O–H groups in total. The molecule has 2 aromatic heterocycles. The quantitative estimate of drug-likeness (QED) is 0.712. The van der Waals surface area contributed by atoms with Crippen LogP contribution in [0.3, 0.4) is 0 Å². The van der Waals surface area contributed by atoms with E-state index in [2.05, 4.69) is 15.4 Å². The minimum absolute atomic E-state index is 0.0221. The van der Waals surface area contributed by atoms with Crippen molar-refractivity contribution in [2.45, 2.75) is 20.4 Å². The minimum atomic E-state index is -0.538. The number of hydrogen-bond donors (Lipinski definition) is 1. The molecule has 0 aliphatic carbocycles. The van der Waals surface area contributed by atoms with Crippen LogP contribution < -0.4 is 5.32 Å². The first-order valence-corrected chi connectivity index (χ1v) is 8.86. The summed E-state index contributed by atoms with van der Waals surface area (Å²) >= 11 is -0.139. The summed E-state index contributed by atoms with van der Waals surface area (Å²) in [7, 11) is 0. The number of carbonyl (C=O) groups is 1. The number of halogens is 1. The third kappa shape index (κ3) is 3.25. The standard InChI is InChI=1S/C16H15FN4OSe/c1-3-21-13(8-10(2)20-21)14-9-18-16(23-14)19-15(22)11-6-4-5-7-12(11)17/h4-9H,3H2,1-2H3,(H,18,19,22). The van der Waals surface area contributed by atoms with Crippen molar-refractivity contribution in [1.29, 1.82) is 0 Å². The maximum absolute atomic E-state index is 13.6. The van der Waals surface area contributed by atoms with Crippen LogP contribution in [0.15, 0.2) is 36.5 Å². The zero-order valence-electron chi connectivity index (χ0n) is 12.7. The van der Waals surface area contributed by atoms with Gasteiger partial charge in [-0.05, 0) is 0 Å². The topological polar surface area (TPSA) is 59.8 Å². The molecule has 0 saturated heterocycles. The van der Waals surface area contributed by atoms with Gasteiger partial charge in [0.15, 0.2) is 0 Å². The van der Waals surface area contributed by atoms with Crippen LogP contribution >= 0.6 is 0 Å². The maximum atomic E-state index is 13.6. The van der Waals surface area contributed by atoms with Gasteiger partial charge in [0.1, 0.15) is 0 Å². The van der Waals surface area contributed by atoms with Crippen molar-refractivity contribution in [3.05, 3.63) is 53.6 Å². The van der Waals surface area contributed by atoms with E-state index in [1.54, 1.807) is 18.3 Å². The third-order valence-electron chi connectivity index (χ3n) is 3.30. The molecule has 3 rings (SSSR count). The summed E-state index contributed by atoms with van der Waals surface area (Å²) in [5.74, 6) is -1.01. The molecule has 0 unspecified atom stereocenters. The fourth-order valence-electron chi connectivity index (χ4n) is 2.25. The van der Waals surface area contributed by atoms with E-state index in [1.165, 1.54) is 12.1 Å². The van der Waals surface area contributed by atoms with E-state index in [0.717, 1.165) is 22.4 Å². The number of hydrogen-bond acceptors (Lipinski definition) is 3. The summed E-state index contributed by atoms with van der Waals surface area (Å²) < 4.78 is 17.2. The van der Waals surface area contributed by atoms with Crippen molar-refractivity contribution in [3.8, 4) is 10.1 Å². The molecule has 0 bridgehead atoms. The van der Waals surface area contributed by atoms with E-state index in [4.69, 9.17) is 0 Å². The predicted molar refractivity (Wildman–Crippen MR) is 87.2 cm³/mol. The van der Waals surface area contributed by atoms with Crippen molar-refractivity contribution in [2.24, 2.45) is 0 Å². The average molecular weight is 377 g/mol. The molecule has 23 heavy (non-hydrogen) atoms. The van der Waals surface area contributed by atoms with Crippen molar-refractivity contribution in [1.82, 2.24) is 14.8 Å². The second kappa shape index (κ2) is 6.48. The number of anilines is 1. The van der Waals surface area contributed by atoms with Crippen molar-refractivity contribution in [3.63, 3.8) is 0 Å². The van der Waals surface area contributed by atoms with Gasteiger partial charge in [-0.25, -0.2) is 0 Å². The van der Waals surface area contributed by atoms with E-state index in [-0.39, 0.29) is 20.1 Å². The zero-order valence-corrected chi connectivity index (χ0v) is 14.4. The van der Waals surface area contributed by atoms with Gasteiger partial charge in [0, 0.05) is 0 Å². The van der Waals surface area contributed by atoms with Crippen LogP contribution in [0, 0.1) is 12.7 Å². The molecular formula is C16H15FN4OSe. The summed E-state index contributed by atoms with van der Waals surface area (Å²) in [6.45, 7) is 4.74. The van der Waals surface area contributed by atoms with E-state index in [1.807, 2.05) is 24.6 Å². The molecule has 0 aliphatic rings. The van der Waals surface area contributed by atoms with Gasteiger partial charge in [-0.3, -0.25) is 0 Å². The van der Waals surface area contributed by atoms with Crippen LogP contribution in [0.4, 0.5) is 9.08 Å². The van der Waals surface area contributed by atoms with Crippen LogP contribution in [0.5, 0.6) is 0 Å². The van der Waals surface area contributed by atoms with Gasteiger partial charge in [-0.15, -0.1) is 0 Å². The summed E-state index contributed by atoms with van der Waals surface area (Å²) in [5.41, 5.74) is 1.99. The molecule has 0 spiro atoms. The van der Waals surface area contributed by atoms with Gasteiger partial charge in [0.25, 0.3) is 0 Å². The fraction of sp³-hybridized carbons (Fsp3) is 0.188. The molecule has 1 aromatic carbocycles. The van der Waals surface area contributed by atoms with Crippen molar-refractivity contribution < 1.29 is 9.18 Å². The predicted octanol–water partition coefficient (Wildman–Crippen LogP) is 2.72. The number of benzene rings is 1. The average Bonchev–Trinajstić information content (AvgIpc) is 3.13. The number of rotatable bonds is 4. The van der Waals surface area contributed by atoms with E-state index < -0.39 is 11.7 Å². The molecule has 118 valence electrons. The summed E-state index contributed by atoms with van der Waals surface area (Å²) in [6, 6.07) is 7.91. The first-order chi connectivity index (χ1) is 11.1. The monoisotopic (exact) mass is 378 g/mol. The number of amides is 1. The van der Waals surface area contributed by atoms with Crippen LogP contribution in [0.1, 0.15) is 23.0 Å². The molecule has 7 heteroatoms. The first kappa shape index (κ1) is 15.6. The SMILES string of the molecule is CCn1nc(C)cc1-c1cnc(NC(=O)c2ccccc2F)[se]1. The number of carbonyl (C=O) groups excluding carboxylic acids is 1. The Bertz CT molecular complexity index is 855. The molecule has 0 saturated carbocycles. The molecule has 5 nitrogen and oxygen atoms in total. The Morgan fingerprint density at radius 2 is 2.17 bits per heavy atom. The Kier molecular flexibility index (Phi) is 4.41. The fourth-order valence-corrected chi connectivity index (χ4v) is 3.99. The Morgan fingerprint density at radius 3 is 2.91 bits per heavy atom. The number of aryl methyl sites for hydroxylation is 2. The molecule has 0 fully saturated rings.